The Morgan fingerprint density at radius 1 is 1.24 bits per heavy atom. The van der Waals surface area contributed by atoms with Gasteiger partial charge in [-0.1, -0.05) is 11.6 Å². The van der Waals surface area contributed by atoms with Gasteiger partial charge in [0.1, 0.15) is 5.82 Å². The predicted molar refractivity (Wildman–Crippen MR) is 101 cm³/mol. The van der Waals surface area contributed by atoms with Gasteiger partial charge in [0.25, 0.3) is 0 Å². The first-order valence-corrected chi connectivity index (χ1v) is 8.93. The van der Waals surface area contributed by atoms with Crippen LogP contribution in [-0.2, 0) is 0 Å². The molecule has 1 aromatic heterocycles. The maximum Gasteiger partial charge on any atom is 0.132 e. The molecule has 0 aliphatic heterocycles. The average molecular weight is 496 g/mol. The van der Waals surface area contributed by atoms with Crippen LogP contribution in [0.1, 0.15) is 18.1 Å². The van der Waals surface area contributed by atoms with Gasteiger partial charge in [-0.2, -0.15) is 0 Å². The second kappa shape index (κ2) is 6.07. The van der Waals surface area contributed by atoms with Crippen LogP contribution in [0.25, 0.3) is 16.7 Å². The van der Waals surface area contributed by atoms with Gasteiger partial charge in [-0.25, -0.2) is 4.98 Å². The molecule has 3 aromatic rings. The van der Waals surface area contributed by atoms with E-state index in [0.29, 0.717) is 5.02 Å². The topological polar surface area (TPSA) is 17.8 Å². The lowest BCUT2D eigenvalue weighted by Crippen LogP contribution is -2.02. The van der Waals surface area contributed by atoms with Crippen molar-refractivity contribution in [3.8, 4) is 5.69 Å². The van der Waals surface area contributed by atoms with E-state index in [2.05, 4.69) is 66.3 Å². The summed E-state index contributed by atoms with van der Waals surface area (Å²) in [5.41, 5.74) is 2.94. The molecular weight excluding hydrogens is 486 g/mol. The van der Waals surface area contributed by atoms with Crippen molar-refractivity contribution < 1.29 is 0 Å². The summed E-state index contributed by atoms with van der Waals surface area (Å²) in [6.45, 7) is 1.92. The fraction of sp³-hybridized carbons (Fsp3) is 0.133. The molecule has 2 nitrogen and oxygen atoms in total. The SMILES string of the molecule is CC(Cl)c1nc2cc(I)ccc2n1-c1ccc(Cl)cc1Br. The zero-order valence-electron chi connectivity index (χ0n) is 10.9. The first-order valence-electron chi connectivity index (χ1n) is 6.25. The Balaban J connectivity index is 2.36. The van der Waals surface area contributed by atoms with E-state index < -0.39 is 0 Å². The number of hydrogen-bond donors (Lipinski definition) is 0. The molecule has 0 aliphatic carbocycles. The normalized spacial score (nSPS) is 12.8. The maximum atomic E-state index is 6.33. The third kappa shape index (κ3) is 2.96. The number of imidazole rings is 1. The highest BCUT2D eigenvalue weighted by Crippen LogP contribution is 2.33. The summed E-state index contributed by atoms with van der Waals surface area (Å²) in [5.74, 6) is 0.816. The standard InChI is InChI=1S/C15H10BrCl2IN2/c1-8(17)15-20-12-7-10(19)3-5-14(12)21(15)13-4-2-9(18)6-11(13)16/h2-8H,1H3. The highest BCUT2D eigenvalue weighted by Gasteiger charge is 2.18. The molecule has 108 valence electrons. The second-order valence-corrected chi connectivity index (χ2v) is 7.84. The summed E-state index contributed by atoms with van der Waals surface area (Å²) in [4.78, 5) is 4.69. The van der Waals surface area contributed by atoms with E-state index in [1.807, 2.05) is 25.1 Å². The van der Waals surface area contributed by atoms with Crippen LogP contribution < -0.4 is 0 Å². The highest BCUT2D eigenvalue weighted by molar-refractivity contribution is 14.1. The van der Waals surface area contributed by atoms with E-state index in [1.54, 1.807) is 0 Å². The van der Waals surface area contributed by atoms with Crippen molar-refractivity contribution in [2.45, 2.75) is 12.3 Å². The van der Waals surface area contributed by atoms with E-state index in [9.17, 15) is 0 Å². The monoisotopic (exact) mass is 494 g/mol. The molecule has 6 heteroatoms. The highest BCUT2D eigenvalue weighted by atomic mass is 127. The van der Waals surface area contributed by atoms with Gasteiger partial charge in [0.05, 0.1) is 22.1 Å². The van der Waals surface area contributed by atoms with Crippen LogP contribution in [0.15, 0.2) is 40.9 Å². The van der Waals surface area contributed by atoms with Crippen LogP contribution in [0.5, 0.6) is 0 Å². The van der Waals surface area contributed by atoms with Crippen molar-refractivity contribution in [1.82, 2.24) is 9.55 Å². The van der Waals surface area contributed by atoms with E-state index in [0.717, 1.165) is 30.6 Å². The van der Waals surface area contributed by atoms with Crippen molar-refractivity contribution in [1.29, 1.82) is 0 Å². The van der Waals surface area contributed by atoms with Crippen LogP contribution >= 0.6 is 61.7 Å². The quantitative estimate of drug-likeness (QED) is 0.299. The summed E-state index contributed by atoms with van der Waals surface area (Å²) < 4.78 is 4.13. The minimum absolute atomic E-state index is 0.197. The molecule has 0 aliphatic rings. The van der Waals surface area contributed by atoms with Gasteiger partial charge in [0.15, 0.2) is 0 Å². The van der Waals surface area contributed by atoms with Crippen LogP contribution in [0.4, 0.5) is 0 Å². The molecule has 1 unspecified atom stereocenters. The second-order valence-electron chi connectivity index (χ2n) is 4.65. The van der Waals surface area contributed by atoms with Crippen molar-refractivity contribution in [2.75, 3.05) is 0 Å². The minimum atomic E-state index is -0.197. The number of halogens is 4. The van der Waals surface area contributed by atoms with Crippen molar-refractivity contribution in [2.24, 2.45) is 0 Å². The largest absolute Gasteiger partial charge is 0.294 e. The van der Waals surface area contributed by atoms with E-state index in [4.69, 9.17) is 23.2 Å². The number of nitrogens with zero attached hydrogens (tertiary/aromatic N) is 2. The van der Waals surface area contributed by atoms with Crippen LogP contribution in [0.2, 0.25) is 5.02 Å². The molecule has 1 atom stereocenters. The molecule has 0 bridgehead atoms. The number of benzene rings is 2. The Morgan fingerprint density at radius 2 is 2.00 bits per heavy atom. The summed E-state index contributed by atoms with van der Waals surface area (Å²) in [7, 11) is 0. The molecule has 3 rings (SSSR count). The Kier molecular flexibility index (Phi) is 4.50. The lowest BCUT2D eigenvalue weighted by Gasteiger charge is -2.12. The third-order valence-corrected chi connectivity index (χ3v) is 4.89. The fourth-order valence-electron chi connectivity index (χ4n) is 2.25. The lowest BCUT2D eigenvalue weighted by molar-refractivity contribution is 0.880. The molecule has 0 spiro atoms. The number of fused-ring (bicyclic) bond motifs is 1. The first kappa shape index (κ1) is 15.6. The minimum Gasteiger partial charge on any atom is -0.294 e. The maximum absolute atomic E-state index is 6.33. The van der Waals surface area contributed by atoms with Gasteiger partial charge in [-0.05, 0) is 81.8 Å². The fourth-order valence-corrected chi connectivity index (χ4v) is 3.74. The van der Waals surface area contributed by atoms with Crippen molar-refractivity contribution in [3.05, 3.63) is 55.3 Å². The summed E-state index contributed by atoms with van der Waals surface area (Å²) in [6, 6.07) is 11.9. The molecule has 0 saturated carbocycles. The zero-order chi connectivity index (χ0) is 15.1. The molecule has 2 aromatic carbocycles. The summed E-state index contributed by atoms with van der Waals surface area (Å²) in [6.07, 6.45) is 0. The molecule has 0 saturated heterocycles. The Labute approximate surface area is 154 Å². The molecule has 0 N–H and O–H groups in total. The van der Waals surface area contributed by atoms with E-state index >= 15 is 0 Å². The first-order chi connectivity index (χ1) is 9.97. The van der Waals surface area contributed by atoms with E-state index in [1.165, 1.54) is 0 Å². The predicted octanol–water partition coefficient (Wildman–Crippen LogP) is 6.35. The summed E-state index contributed by atoms with van der Waals surface area (Å²) in [5, 5.41) is 0.489. The number of aromatic nitrogens is 2. The van der Waals surface area contributed by atoms with Gasteiger partial charge in [-0.15, -0.1) is 11.6 Å². The zero-order valence-corrected chi connectivity index (χ0v) is 16.2. The Morgan fingerprint density at radius 3 is 2.67 bits per heavy atom. The number of hydrogen-bond acceptors (Lipinski definition) is 1. The summed E-state index contributed by atoms with van der Waals surface area (Å²) >= 11 is 18.2. The van der Waals surface area contributed by atoms with Crippen LogP contribution in [0, 0.1) is 3.57 Å². The molecule has 0 radical (unpaired) electrons. The Bertz CT molecular complexity index is 830. The van der Waals surface area contributed by atoms with Gasteiger partial charge in [-0.3, -0.25) is 4.57 Å². The molecule has 0 amide bonds. The smallest absolute Gasteiger partial charge is 0.132 e. The third-order valence-electron chi connectivity index (χ3n) is 3.15. The number of rotatable bonds is 2. The Hall–Kier alpha value is -0.300. The van der Waals surface area contributed by atoms with Crippen molar-refractivity contribution >= 4 is 72.8 Å². The molecule has 0 fully saturated rings. The van der Waals surface area contributed by atoms with Gasteiger partial charge >= 0.3 is 0 Å². The van der Waals surface area contributed by atoms with Crippen molar-refractivity contribution in [3.63, 3.8) is 0 Å². The lowest BCUT2D eigenvalue weighted by atomic mass is 10.2. The molecule has 1 heterocycles. The van der Waals surface area contributed by atoms with Gasteiger partial charge in [0.2, 0.25) is 0 Å². The number of alkyl halides is 1. The van der Waals surface area contributed by atoms with Gasteiger partial charge in [0, 0.05) is 13.1 Å². The van der Waals surface area contributed by atoms with Gasteiger partial charge < -0.3 is 0 Å². The van der Waals surface area contributed by atoms with Crippen LogP contribution in [-0.4, -0.2) is 9.55 Å². The molecule has 21 heavy (non-hydrogen) atoms. The van der Waals surface area contributed by atoms with Crippen LogP contribution in [0.3, 0.4) is 0 Å². The van der Waals surface area contributed by atoms with E-state index in [-0.39, 0.29) is 5.38 Å². The molecular formula is C15H10BrCl2IN2. The average Bonchev–Trinajstić information content (AvgIpc) is 2.77.